The molecule has 2 rings (SSSR count). The van der Waals surface area contributed by atoms with E-state index in [0.717, 1.165) is 24.4 Å². The predicted octanol–water partition coefficient (Wildman–Crippen LogP) is 3.85. The molecule has 0 saturated carbocycles. The smallest absolute Gasteiger partial charge is 0.145 e. The van der Waals surface area contributed by atoms with Gasteiger partial charge in [0.15, 0.2) is 0 Å². The first-order valence-electron chi connectivity index (χ1n) is 6.61. The van der Waals surface area contributed by atoms with Crippen LogP contribution in [0.1, 0.15) is 30.4 Å². The zero-order chi connectivity index (χ0) is 14.5. The van der Waals surface area contributed by atoms with Gasteiger partial charge in [0, 0.05) is 25.2 Å². The number of nitrogens with one attached hydrogen (secondary N) is 1. The van der Waals surface area contributed by atoms with E-state index in [2.05, 4.69) is 22.2 Å². The van der Waals surface area contributed by atoms with Crippen LogP contribution < -0.4 is 5.32 Å². The average Bonchev–Trinajstić information content (AvgIpc) is 2.44. The van der Waals surface area contributed by atoms with Crippen LogP contribution in [0.3, 0.4) is 0 Å². The van der Waals surface area contributed by atoms with Crippen LogP contribution in [0.25, 0.3) is 0 Å². The monoisotopic (exact) mass is 293 g/mol. The maximum atomic E-state index is 13.9. The van der Waals surface area contributed by atoms with Crippen molar-refractivity contribution in [3.05, 3.63) is 52.2 Å². The molecule has 0 radical (unpaired) electrons. The van der Waals surface area contributed by atoms with E-state index in [1.165, 1.54) is 6.07 Å². The lowest BCUT2D eigenvalue weighted by atomic mass is 10.1. The number of rotatable bonds is 5. The molecule has 3 nitrogen and oxygen atoms in total. The van der Waals surface area contributed by atoms with Crippen LogP contribution in [0.15, 0.2) is 24.3 Å². The quantitative estimate of drug-likeness (QED) is 0.910. The molecule has 0 amide bonds. The van der Waals surface area contributed by atoms with E-state index in [4.69, 9.17) is 11.6 Å². The minimum Gasteiger partial charge on any atom is -0.373 e. The number of hydrogen-bond acceptors (Lipinski definition) is 3. The third-order valence-corrected chi connectivity index (χ3v) is 3.26. The summed E-state index contributed by atoms with van der Waals surface area (Å²) in [7, 11) is 1.81. The van der Waals surface area contributed by atoms with Crippen molar-refractivity contribution in [2.24, 2.45) is 0 Å². The molecule has 0 spiro atoms. The summed E-state index contributed by atoms with van der Waals surface area (Å²) in [5.41, 5.74) is 1.47. The number of aryl methyl sites for hydroxylation is 1. The molecule has 0 aliphatic heterocycles. The van der Waals surface area contributed by atoms with Gasteiger partial charge in [-0.1, -0.05) is 37.1 Å². The van der Waals surface area contributed by atoms with Crippen molar-refractivity contribution in [1.29, 1.82) is 0 Å². The highest BCUT2D eigenvalue weighted by atomic mass is 35.5. The molecule has 106 valence electrons. The third-order valence-electron chi connectivity index (χ3n) is 2.97. The molecule has 20 heavy (non-hydrogen) atoms. The molecule has 1 aromatic carbocycles. The number of halogens is 2. The van der Waals surface area contributed by atoms with E-state index in [9.17, 15) is 4.39 Å². The minimum absolute atomic E-state index is 0.126. The van der Waals surface area contributed by atoms with Crippen molar-refractivity contribution in [3.63, 3.8) is 0 Å². The van der Waals surface area contributed by atoms with Gasteiger partial charge in [0.05, 0.1) is 5.02 Å². The molecule has 1 N–H and O–H groups in total. The van der Waals surface area contributed by atoms with Crippen LogP contribution in [0.4, 0.5) is 10.2 Å². The fourth-order valence-electron chi connectivity index (χ4n) is 2.00. The number of nitrogens with zero attached hydrogens (tertiary/aromatic N) is 2. The Bertz CT molecular complexity index is 602. The first kappa shape index (κ1) is 14.7. The van der Waals surface area contributed by atoms with Gasteiger partial charge < -0.3 is 5.32 Å². The lowest BCUT2D eigenvalue weighted by Crippen LogP contribution is -2.05. The average molecular weight is 294 g/mol. The van der Waals surface area contributed by atoms with Gasteiger partial charge in [-0.05, 0) is 18.1 Å². The summed E-state index contributed by atoms with van der Waals surface area (Å²) in [5.74, 6) is 0.951. The van der Waals surface area contributed by atoms with Crippen molar-refractivity contribution in [2.45, 2.75) is 26.2 Å². The topological polar surface area (TPSA) is 37.8 Å². The molecule has 0 bridgehead atoms. The number of anilines is 1. The fraction of sp³-hybridized carbons (Fsp3) is 0.333. The molecule has 0 unspecified atom stereocenters. The van der Waals surface area contributed by atoms with Crippen LogP contribution in [-0.4, -0.2) is 17.0 Å². The Kier molecular flexibility index (Phi) is 4.90. The molecule has 0 aliphatic rings. The Morgan fingerprint density at radius 3 is 2.80 bits per heavy atom. The van der Waals surface area contributed by atoms with Crippen LogP contribution in [-0.2, 0) is 12.8 Å². The Balaban J connectivity index is 2.32. The normalized spacial score (nSPS) is 10.6. The second-order valence-electron chi connectivity index (χ2n) is 4.55. The van der Waals surface area contributed by atoms with Crippen molar-refractivity contribution < 1.29 is 4.39 Å². The van der Waals surface area contributed by atoms with E-state index in [-0.39, 0.29) is 5.02 Å². The molecule has 1 aromatic heterocycles. The first-order chi connectivity index (χ1) is 9.63. The lowest BCUT2D eigenvalue weighted by Gasteiger charge is -2.08. The molecular formula is C15H17ClFN3. The number of hydrogen-bond donors (Lipinski definition) is 1. The highest BCUT2D eigenvalue weighted by Gasteiger charge is 2.10. The van der Waals surface area contributed by atoms with Crippen LogP contribution in [0, 0.1) is 5.82 Å². The second kappa shape index (κ2) is 6.66. The minimum atomic E-state index is -0.398. The zero-order valence-corrected chi connectivity index (χ0v) is 12.3. The molecule has 1 heterocycles. The van der Waals surface area contributed by atoms with Crippen LogP contribution in [0.5, 0.6) is 0 Å². The number of benzene rings is 1. The summed E-state index contributed by atoms with van der Waals surface area (Å²) in [6, 6.07) is 6.89. The van der Waals surface area contributed by atoms with Crippen molar-refractivity contribution >= 4 is 17.4 Å². The van der Waals surface area contributed by atoms with E-state index in [1.807, 2.05) is 13.1 Å². The van der Waals surface area contributed by atoms with Gasteiger partial charge in [0.2, 0.25) is 0 Å². The van der Waals surface area contributed by atoms with Gasteiger partial charge in [-0.2, -0.15) is 0 Å². The van der Waals surface area contributed by atoms with E-state index in [0.29, 0.717) is 17.8 Å². The SMILES string of the molecule is CCCc1cc(NC)nc(Cc2cccc(Cl)c2F)n1. The first-order valence-corrected chi connectivity index (χ1v) is 6.99. The highest BCUT2D eigenvalue weighted by Crippen LogP contribution is 2.20. The van der Waals surface area contributed by atoms with E-state index < -0.39 is 5.82 Å². The summed E-state index contributed by atoms with van der Waals surface area (Å²) in [6.45, 7) is 2.09. The molecule has 0 aliphatic carbocycles. The maximum absolute atomic E-state index is 13.9. The van der Waals surface area contributed by atoms with Crippen LogP contribution >= 0.6 is 11.6 Å². The van der Waals surface area contributed by atoms with E-state index in [1.54, 1.807) is 12.1 Å². The maximum Gasteiger partial charge on any atom is 0.145 e. The predicted molar refractivity (Wildman–Crippen MR) is 79.8 cm³/mol. The highest BCUT2D eigenvalue weighted by molar-refractivity contribution is 6.30. The Hall–Kier alpha value is -1.68. The number of aromatic nitrogens is 2. The van der Waals surface area contributed by atoms with Gasteiger partial charge in [-0.3, -0.25) is 0 Å². The fourth-order valence-corrected chi connectivity index (χ4v) is 2.19. The molecule has 2 aromatic rings. The standard InChI is InChI=1S/C15H17ClFN3/c1-3-5-11-9-13(18-2)20-14(19-11)8-10-6-4-7-12(16)15(10)17/h4,6-7,9H,3,5,8H2,1-2H3,(H,18,19,20). The van der Waals surface area contributed by atoms with Crippen molar-refractivity contribution in [1.82, 2.24) is 9.97 Å². The summed E-state index contributed by atoms with van der Waals surface area (Å²) in [6.07, 6.45) is 2.21. The molecule has 5 heteroatoms. The largest absolute Gasteiger partial charge is 0.373 e. The van der Waals surface area contributed by atoms with Gasteiger partial charge >= 0.3 is 0 Å². The third kappa shape index (κ3) is 3.45. The van der Waals surface area contributed by atoms with Crippen molar-refractivity contribution in [2.75, 3.05) is 12.4 Å². The summed E-state index contributed by atoms with van der Waals surface area (Å²) in [5, 5.41) is 3.13. The van der Waals surface area contributed by atoms with Crippen molar-refractivity contribution in [3.8, 4) is 0 Å². The van der Waals surface area contributed by atoms with Gasteiger partial charge in [-0.15, -0.1) is 0 Å². The Morgan fingerprint density at radius 1 is 1.30 bits per heavy atom. The molecule has 0 saturated heterocycles. The summed E-state index contributed by atoms with van der Waals surface area (Å²) in [4.78, 5) is 8.84. The summed E-state index contributed by atoms with van der Waals surface area (Å²) >= 11 is 5.79. The van der Waals surface area contributed by atoms with Gasteiger partial charge in [0.1, 0.15) is 17.5 Å². The Morgan fingerprint density at radius 2 is 2.10 bits per heavy atom. The zero-order valence-electron chi connectivity index (χ0n) is 11.6. The lowest BCUT2D eigenvalue weighted by molar-refractivity contribution is 0.612. The van der Waals surface area contributed by atoms with Gasteiger partial charge in [-0.25, -0.2) is 14.4 Å². The molecule has 0 atom stereocenters. The molecule has 0 fully saturated rings. The Labute approximate surface area is 123 Å². The van der Waals surface area contributed by atoms with Gasteiger partial charge in [0.25, 0.3) is 0 Å². The molecular weight excluding hydrogens is 277 g/mol. The van der Waals surface area contributed by atoms with Crippen LogP contribution in [0.2, 0.25) is 5.02 Å². The second-order valence-corrected chi connectivity index (χ2v) is 4.96. The summed E-state index contributed by atoms with van der Waals surface area (Å²) < 4.78 is 13.9. The van der Waals surface area contributed by atoms with E-state index >= 15 is 0 Å².